The van der Waals surface area contributed by atoms with E-state index in [-0.39, 0.29) is 17.2 Å². The number of amides is 1. The highest BCUT2D eigenvalue weighted by atomic mass is 32.2. The largest absolute Gasteiger partial charge is 0.341 e. The average molecular weight is 428 g/mol. The molecule has 1 aliphatic rings. The first kappa shape index (κ1) is 20.2. The topological polar surface area (TPSA) is 55.2 Å². The Morgan fingerprint density at radius 3 is 2.83 bits per heavy atom. The van der Waals surface area contributed by atoms with E-state index in [1.807, 2.05) is 37.4 Å². The molecule has 0 N–H and O–H groups in total. The molecule has 0 fully saturated rings. The summed E-state index contributed by atoms with van der Waals surface area (Å²) in [4.78, 5) is 34.5. The third-order valence-electron chi connectivity index (χ3n) is 5.25. The summed E-state index contributed by atoms with van der Waals surface area (Å²) < 4.78 is 1.77. The molecule has 2 heterocycles. The van der Waals surface area contributed by atoms with Crippen LogP contribution in [0, 0.1) is 0 Å². The van der Waals surface area contributed by atoms with Crippen LogP contribution < -0.4 is 5.56 Å². The Morgan fingerprint density at radius 1 is 1.28 bits per heavy atom. The van der Waals surface area contributed by atoms with Crippen LogP contribution in [0.2, 0.25) is 0 Å². The van der Waals surface area contributed by atoms with Gasteiger partial charge in [-0.2, -0.15) is 0 Å². The van der Waals surface area contributed by atoms with Crippen LogP contribution in [0.25, 0.3) is 10.2 Å². The fourth-order valence-electron chi connectivity index (χ4n) is 3.77. The lowest BCUT2D eigenvalue weighted by Gasteiger charge is -2.17. The van der Waals surface area contributed by atoms with Crippen molar-refractivity contribution in [1.82, 2.24) is 14.5 Å². The highest BCUT2D eigenvalue weighted by Crippen LogP contribution is 2.35. The van der Waals surface area contributed by atoms with E-state index in [2.05, 4.69) is 6.92 Å². The van der Waals surface area contributed by atoms with Gasteiger partial charge in [-0.25, -0.2) is 4.98 Å². The Labute approximate surface area is 178 Å². The molecule has 7 heteroatoms. The number of aromatic nitrogens is 2. The van der Waals surface area contributed by atoms with Crippen molar-refractivity contribution in [2.24, 2.45) is 0 Å². The minimum absolute atomic E-state index is 0.0323. The van der Waals surface area contributed by atoms with Crippen molar-refractivity contribution < 1.29 is 4.79 Å². The van der Waals surface area contributed by atoms with E-state index in [4.69, 9.17) is 4.98 Å². The van der Waals surface area contributed by atoms with Gasteiger partial charge in [-0.1, -0.05) is 49.0 Å². The van der Waals surface area contributed by atoms with Gasteiger partial charge in [-0.3, -0.25) is 14.2 Å². The number of rotatable bonds is 7. The molecular formula is C22H25N3O2S2. The minimum atomic E-state index is 0.0323. The summed E-state index contributed by atoms with van der Waals surface area (Å²) in [6.45, 7) is 3.26. The first-order valence-electron chi connectivity index (χ1n) is 10.0. The summed E-state index contributed by atoms with van der Waals surface area (Å²) in [6, 6.07) is 9.95. The molecule has 0 bridgehead atoms. The van der Waals surface area contributed by atoms with Crippen LogP contribution in [0.15, 0.2) is 40.3 Å². The van der Waals surface area contributed by atoms with Gasteiger partial charge in [0.1, 0.15) is 4.83 Å². The van der Waals surface area contributed by atoms with Gasteiger partial charge in [0.15, 0.2) is 5.16 Å². The fraction of sp³-hybridized carbons (Fsp3) is 0.409. The minimum Gasteiger partial charge on any atom is -0.341 e. The molecule has 1 amide bonds. The molecule has 0 aliphatic heterocycles. The molecule has 0 spiro atoms. The lowest BCUT2D eigenvalue weighted by atomic mass is 10.2. The Hall–Kier alpha value is -2.12. The number of thiophene rings is 1. The predicted molar refractivity (Wildman–Crippen MR) is 120 cm³/mol. The van der Waals surface area contributed by atoms with Gasteiger partial charge < -0.3 is 4.90 Å². The van der Waals surface area contributed by atoms with E-state index in [1.165, 1.54) is 22.2 Å². The highest BCUT2D eigenvalue weighted by molar-refractivity contribution is 7.99. The second-order valence-corrected chi connectivity index (χ2v) is 9.44. The van der Waals surface area contributed by atoms with E-state index >= 15 is 0 Å². The van der Waals surface area contributed by atoms with Gasteiger partial charge in [0, 0.05) is 25.0 Å². The lowest BCUT2D eigenvalue weighted by molar-refractivity contribution is -0.127. The standard InChI is InChI=1S/C22H25N3O2S2/c1-3-12-25-21(27)19-16-10-7-11-17(16)29-20(19)23-22(25)28-14-18(26)24(2)13-15-8-5-4-6-9-15/h4-6,8-9H,3,7,10-14H2,1-2H3. The van der Waals surface area contributed by atoms with Crippen molar-refractivity contribution in [2.75, 3.05) is 12.8 Å². The number of aryl methyl sites for hydroxylation is 2. The number of thioether (sulfide) groups is 1. The molecular weight excluding hydrogens is 402 g/mol. The predicted octanol–water partition coefficient (Wildman–Crippen LogP) is 4.11. The monoisotopic (exact) mass is 427 g/mol. The molecule has 2 aromatic heterocycles. The Bertz CT molecular complexity index is 1090. The van der Waals surface area contributed by atoms with Crippen LogP contribution in [0.3, 0.4) is 0 Å². The number of fused-ring (bicyclic) bond motifs is 3. The molecule has 3 aromatic rings. The quantitative estimate of drug-likeness (QED) is 0.421. The Balaban J connectivity index is 1.55. The molecule has 0 unspecified atom stereocenters. The molecule has 5 nitrogen and oxygen atoms in total. The maximum absolute atomic E-state index is 13.2. The molecule has 1 aliphatic carbocycles. The first-order valence-corrected chi connectivity index (χ1v) is 11.8. The summed E-state index contributed by atoms with van der Waals surface area (Å²) in [7, 11) is 1.81. The zero-order chi connectivity index (χ0) is 20.4. The van der Waals surface area contributed by atoms with Crippen LogP contribution in [0.4, 0.5) is 0 Å². The third kappa shape index (κ3) is 4.12. The summed E-state index contributed by atoms with van der Waals surface area (Å²) >= 11 is 3.02. The fourth-order valence-corrected chi connectivity index (χ4v) is 6.04. The third-order valence-corrected chi connectivity index (χ3v) is 7.40. The van der Waals surface area contributed by atoms with Gasteiger partial charge >= 0.3 is 0 Å². The Kier molecular flexibility index (Phi) is 6.06. The van der Waals surface area contributed by atoms with E-state index in [0.717, 1.165) is 41.5 Å². The van der Waals surface area contributed by atoms with E-state index in [9.17, 15) is 9.59 Å². The molecule has 4 rings (SSSR count). The molecule has 0 atom stereocenters. The zero-order valence-electron chi connectivity index (χ0n) is 16.8. The van der Waals surface area contributed by atoms with Crippen molar-refractivity contribution in [3.8, 4) is 0 Å². The molecule has 0 saturated heterocycles. The van der Waals surface area contributed by atoms with Gasteiger partial charge in [0.2, 0.25) is 5.91 Å². The van der Waals surface area contributed by atoms with Crippen LogP contribution in [-0.2, 0) is 30.7 Å². The summed E-state index contributed by atoms with van der Waals surface area (Å²) in [6.07, 6.45) is 4.01. The van der Waals surface area contributed by atoms with Crippen LogP contribution in [0.1, 0.15) is 35.8 Å². The van der Waals surface area contributed by atoms with Crippen molar-refractivity contribution in [3.05, 3.63) is 56.7 Å². The number of carbonyl (C=O) groups excluding carboxylic acids is 1. The van der Waals surface area contributed by atoms with Crippen LogP contribution in [-0.4, -0.2) is 33.2 Å². The number of benzene rings is 1. The second kappa shape index (κ2) is 8.71. The van der Waals surface area contributed by atoms with E-state index < -0.39 is 0 Å². The van der Waals surface area contributed by atoms with Gasteiger partial charge in [0.05, 0.1) is 11.1 Å². The Morgan fingerprint density at radius 2 is 2.07 bits per heavy atom. The van der Waals surface area contributed by atoms with Gasteiger partial charge in [-0.15, -0.1) is 11.3 Å². The molecule has 152 valence electrons. The van der Waals surface area contributed by atoms with Gasteiger partial charge in [0.25, 0.3) is 5.56 Å². The van der Waals surface area contributed by atoms with E-state index in [1.54, 1.807) is 20.8 Å². The summed E-state index contributed by atoms with van der Waals surface area (Å²) in [5.41, 5.74) is 2.37. The van der Waals surface area contributed by atoms with Crippen molar-refractivity contribution in [1.29, 1.82) is 0 Å². The number of hydrogen-bond donors (Lipinski definition) is 0. The molecule has 0 saturated carbocycles. The number of carbonyl (C=O) groups is 1. The average Bonchev–Trinajstić information content (AvgIpc) is 3.30. The smallest absolute Gasteiger partial charge is 0.263 e. The molecule has 1 aromatic carbocycles. The first-order chi connectivity index (χ1) is 14.1. The summed E-state index contributed by atoms with van der Waals surface area (Å²) in [5.74, 6) is 0.306. The SMILES string of the molecule is CCCn1c(SCC(=O)N(C)Cc2ccccc2)nc2sc3c(c2c1=O)CCC3. The molecule has 0 radical (unpaired) electrons. The highest BCUT2D eigenvalue weighted by Gasteiger charge is 2.23. The summed E-state index contributed by atoms with van der Waals surface area (Å²) in [5, 5.41) is 1.47. The van der Waals surface area contributed by atoms with Gasteiger partial charge in [-0.05, 0) is 36.8 Å². The zero-order valence-corrected chi connectivity index (χ0v) is 18.4. The van der Waals surface area contributed by atoms with Crippen molar-refractivity contribution >= 4 is 39.2 Å². The van der Waals surface area contributed by atoms with Crippen molar-refractivity contribution in [3.63, 3.8) is 0 Å². The molecule has 29 heavy (non-hydrogen) atoms. The second-order valence-electron chi connectivity index (χ2n) is 7.41. The number of hydrogen-bond acceptors (Lipinski definition) is 5. The van der Waals surface area contributed by atoms with Crippen LogP contribution >= 0.6 is 23.1 Å². The maximum Gasteiger partial charge on any atom is 0.263 e. The van der Waals surface area contributed by atoms with E-state index in [0.29, 0.717) is 18.2 Å². The maximum atomic E-state index is 13.2. The lowest BCUT2D eigenvalue weighted by Crippen LogP contribution is -2.29. The normalized spacial score (nSPS) is 13.0. The van der Waals surface area contributed by atoms with Crippen LogP contribution in [0.5, 0.6) is 0 Å². The van der Waals surface area contributed by atoms with Crippen molar-refractivity contribution in [2.45, 2.75) is 50.9 Å². The number of nitrogens with zero attached hydrogens (tertiary/aromatic N) is 3.